The van der Waals surface area contributed by atoms with Crippen LogP contribution in [0.5, 0.6) is 0 Å². The molecule has 2 amide bonds. The molecule has 1 aromatic heterocycles. The van der Waals surface area contributed by atoms with Gasteiger partial charge in [0, 0.05) is 7.05 Å². The van der Waals surface area contributed by atoms with E-state index in [0.29, 0.717) is 30.8 Å². The summed E-state index contributed by atoms with van der Waals surface area (Å²) >= 11 is 0. The number of rotatable bonds is 3. The molecule has 138 valence electrons. The van der Waals surface area contributed by atoms with Gasteiger partial charge in [-0.3, -0.25) is 14.5 Å². The van der Waals surface area contributed by atoms with Crippen molar-refractivity contribution in [3.63, 3.8) is 0 Å². The maximum atomic E-state index is 12.7. The molecule has 3 aliphatic rings. The fourth-order valence-corrected chi connectivity index (χ4v) is 4.74. The quantitative estimate of drug-likeness (QED) is 0.622. The Kier molecular flexibility index (Phi) is 4.29. The number of nitrogens with zero attached hydrogens (tertiary/aromatic N) is 1. The lowest BCUT2D eigenvalue weighted by molar-refractivity contribution is -0.138. The first-order chi connectivity index (χ1) is 12.5. The molecule has 7 nitrogen and oxygen atoms in total. The summed E-state index contributed by atoms with van der Waals surface area (Å²) < 4.78 is 11.4. The number of likely N-dealkylation sites (tertiary alicyclic amines) is 1. The Labute approximate surface area is 151 Å². The summed E-state index contributed by atoms with van der Waals surface area (Å²) in [6.45, 7) is 1.77. The second-order valence-corrected chi connectivity index (χ2v) is 7.27. The van der Waals surface area contributed by atoms with Gasteiger partial charge in [-0.15, -0.1) is 0 Å². The van der Waals surface area contributed by atoms with Crippen molar-refractivity contribution in [2.24, 2.45) is 17.8 Å². The predicted molar refractivity (Wildman–Crippen MR) is 91.2 cm³/mol. The SMILES string of the molecule is CCC1=C2B(O)O[C@H](c3ccc(CO)o3)C[C@H]2[C@H]2C(=O)N(C)C(=O)[C@H]2C1. The van der Waals surface area contributed by atoms with Crippen molar-refractivity contribution >= 4 is 18.9 Å². The number of fused-ring (bicyclic) bond motifs is 3. The molecule has 8 heteroatoms. The van der Waals surface area contributed by atoms with Crippen LogP contribution in [0.25, 0.3) is 0 Å². The highest BCUT2D eigenvalue weighted by Crippen LogP contribution is 2.51. The molecule has 2 N–H and O–H groups in total. The van der Waals surface area contributed by atoms with Gasteiger partial charge in [-0.1, -0.05) is 12.5 Å². The van der Waals surface area contributed by atoms with E-state index in [0.717, 1.165) is 11.0 Å². The zero-order valence-electron chi connectivity index (χ0n) is 14.8. The Hall–Kier alpha value is -1.90. The number of carbonyl (C=O) groups excluding carboxylic acids is 2. The monoisotopic (exact) mass is 359 g/mol. The molecule has 2 saturated heterocycles. The Morgan fingerprint density at radius 2 is 2.04 bits per heavy atom. The first-order valence-corrected chi connectivity index (χ1v) is 9.02. The topological polar surface area (TPSA) is 100 Å². The molecule has 0 unspecified atom stereocenters. The van der Waals surface area contributed by atoms with Crippen LogP contribution >= 0.6 is 0 Å². The van der Waals surface area contributed by atoms with E-state index >= 15 is 0 Å². The standard InChI is InChI=1S/C18H22BNO6/c1-3-9-6-12-15(18(23)20(2)17(12)22)11-7-14(26-19(24)16(9)11)13-5-4-10(8-21)25-13/h4-5,11-12,14-15,21,24H,3,6-8H2,1-2H3/t11-,12-,14-,15+/m0/s1. The van der Waals surface area contributed by atoms with Gasteiger partial charge in [0.2, 0.25) is 11.8 Å². The fraction of sp³-hybridized carbons (Fsp3) is 0.556. The lowest BCUT2D eigenvalue weighted by atomic mass is 9.55. The second-order valence-electron chi connectivity index (χ2n) is 7.27. The van der Waals surface area contributed by atoms with Crippen LogP contribution in [-0.4, -0.2) is 41.0 Å². The van der Waals surface area contributed by atoms with E-state index in [1.54, 1.807) is 12.1 Å². The summed E-state index contributed by atoms with van der Waals surface area (Å²) in [4.78, 5) is 26.4. The van der Waals surface area contributed by atoms with Crippen molar-refractivity contribution in [3.8, 4) is 0 Å². The summed E-state index contributed by atoms with van der Waals surface area (Å²) in [5.74, 6) is -0.442. The van der Waals surface area contributed by atoms with E-state index in [2.05, 4.69) is 0 Å². The number of hydrogen-bond donors (Lipinski definition) is 2. The summed E-state index contributed by atoms with van der Waals surface area (Å²) in [6, 6.07) is 3.38. The number of hydrogen-bond acceptors (Lipinski definition) is 6. The van der Waals surface area contributed by atoms with Crippen LogP contribution in [0.3, 0.4) is 0 Å². The first-order valence-electron chi connectivity index (χ1n) is 9.02. The molecular weight excluding hydrogens is 337 g/mol. The van der Waals surface area contributed by atoms with Crippen molar-refractivity contribution in [2.45, 2.75) is 38.9 Å². The molecule has 0 bridgehead atoms. The number of furan rings is 1. The Morgan fingerprint density at radius 3 is 2.69 bits per heavy atom. The molecule has 0 radical (unpaired) electrons. The minimum atomic E-state index is -1.12. The number of imide groups is 1. The van der Waals surface area contributed by atoms with E-state index in [4.69, 9.17) is 9.07 Å². The molecule has 0 spiro atoms. The van der Waals surface area contributed by atoms with Crippen molar-refractivity contribution in [1.29, 1.82) is 0 Å². The molecule has 0 saturated carbocycles. The molecule has 2 aliphatic heterocycles. The Balaban J connectivity index is 1.72. The van der Waals surface area contributed by atoms with Crippen LogP contribution in [0.2, 0.25) is 0 Å². The summed E-state index contributed by atoms with van der Waals surface area (Å²) in [6.07, 6.45) is 1.15. The van der Waals surface area contributed by atoms with Gasteiger partial charge in [-0.2, -0.15) is 0 Å². The lowest BCUT2D eigenvalue weighted by Crippen LogP contribution is -2.44. The smallest absolute Gasteiger partial charge is 0.461 e. The van der Waals surface area contributed by atoms with Crippen molar-refractivity contribution in [1.82, 2.24) is 4.90 Å². The van der Waals surface area contributed by atoms with Gasteiger partial charge >= 0.3 is 7.12 Å². The maximum absolute atomic E-state index is 12.7. The molecule has 0 aromatic carbocycles. The zero-order valence-corrected chi connectivity index (χ0v) is 14.8. The van der Waals surface area contributed by atoms with Gasteiger partial charge in [0.15, 0.2) is 0 Å². The normalized spacial score (nSPS) is 31.5. The number of aliphatic hydroxyl groups is 1. The van der Waals surface area contributed by atoms with Crippen LogP contribution < -0.4 is 0 Å². The second kappa shape index (κ2) is 6.37. The molecule has 4 rings (SSSR count). The van der Waals surface area contributed by atoms with Crippen LogP contribution in [-0.2, 0) is 20.9 Å². The van der Waals surface area contributed by atoms with Gasteiger partial charge in [-0.05, 0) is 42.8 Å². The minimum Gasteiger partial charge on any atom is -0.461 e. The van der Waals surface area contributed by atoms with Crippen molar-refractivity contribution in [3.05, 3.63) is 34.7 Å². The minimum absolute atomic E-state index is 0.136. The van der Waals surface area contributed by atoms with Crippen molar-refractivity contribution < 1.29 is 28.8 Å². The third-order valence-corrected chi connectivity index (χ3v) is 6.01. The fourth-order valence-electron chi connectivity index (χ4n) is 4.74. The molecule has 26 heavy (non-hydrogen) atoms. The number of allylic oxidation sites excluding steroid dienone is 2. The van der Waals surface area contributed by atoms with Crippen LogP contribution in [0.15, 0.2) is 27.6 Å². The summed E-state index contributed by atoms with van der Waals surface area (Å²) in [7, 11) is 0.410. The Morgan fingerprint density at radius 1 is 1.27 bits per heavy atom. The number of amides is 2. The molecule has 4 atom stereocenters. The zero-order chi connectivity index (χ0) is 18.6. The number of aliphatic hydroxyl groups excluding tert-OH is 1. The maximum Gasteiger partial charge on any atom is 0.487 e. The summed E-state index contributed by atoms with van der Waals surface area (Å²) in [5, 5.41) is 19.9. The molecule has 1 aromatic rings. The Bertz CT molecular complexity index is 786. The van der Waals surface area contributed by atoms with Crippen LogP contribution in [0.1, 0.15) is 43.8 Å². The van der Waals surface area contributed by atoms with Gasteiger partial charge in [0.25, 0.3) is 0 Å². The van der Waals surface area contributed by atoms with E-state index in [1.807, 2.05) is 6.92 Å². The van der Waals surface area contributed by atoms with E-state index < -0.39 is 19.1 Å². The highest BCUT2D eigenvalue weighted by molar-refractivity contribution is 6.53. The number of carbonyl (C=O) groups is 2. The average Bonchev–Trinajstić information content (AvgIpc) is 3.21. The molecular formula is C18H22BNO6. The third kappa shape index (κ3) is 2.47. The van der Waals surface area contributed by atoms with E-state index in [9.17, 15) is 19.7 Å². The molecule has 2 fully saturated rings. The van der Waals surface area contributed by atoms with E-state index in [-0.39, 0.29) is 30.3 Å². The van der Waals surface area contributed by atoms with Crippen LogP contribution in [0, 0.1) is 17.8 Å². The lowest BCUT2D eigenvalue weighted by Gasteiger charge is -2.41. The summed E-state index contributed by atoms with van der Waals surface area (Å²) in [5.41, 5.74) is 1.77. The van der Waals surface area contributed by atoms with Crippen molar-refractivity contribution in [2.75, 3.05) is 7.05 Å². The molecule has 3 heterocycles. The largest absolute Gasteiger partial charge is 0.487 e. The molecule has 1 aliphatic carbocycles. The highest BCUT2D eigenvalue weighted by Gasteiger charge is 2.57. The van der Waals surface area contributed by atoms with Gasteiger partial charge < -0.3 is 19.2 Å². The van der Waals surface area contributed by atoms with Crippen LogP contribution in [0.4, 0.5) is 0 Å². The van der Waals surface area contributed by atoms with E-state index in [1.165, 1.54) is 11.9 Å². The van der Waals surface area contributed by atoms with Gasteiger partial charge in [-0.25, -0.2) is 0 Å². The first kappa shape index (κ1) is 17.5. The third-order valence-electron chi connectivity index (χ3n) is 6.01. The highest BCUT2D eigenvalue weighted by atomic mass is 16.5. The van der Waals surface area contributed by atoms with Gasteiger partial charge in [0.1, 0.15) is 24.2 Å². The predicted octanol–water partition coefficient (Wildman–Crippen LogP) is 1.21. The average molecular weight is 359 g/mol. The van der Waals surface area contributed by atoms with Gasteiger partial charge in [0.05, 0.1) is 11.8 Å².